The van der Waals surface area contributed by atoms with Crippen molar-refractivity contribution in [3.8, 4) is 0 Å². The molecule has 2 unspecified atom stereocenters. The summed E-state index contributed by atoms with van der Waals surface area (Å²) in [7, 11) is -3.49. The van der Waals surface area contributed by atoms with Gasteiger partial charge in [-0.15, -0.1) is 0 Å². The molecule has 6 heteroatoms. The van der Waals surface area contributed by atoms with E-state index in [0.29, 0.717) is 12.5 Å². The van der Waals surface area contributed by atoms with Crippen molar-refractivity contribution in [3.05, 3.63) is 28.7 Å². The normalized spacial score (nSPS) is 28.0. The smallest absolute Gasteiger partial charge is 0.247 e. The Morgan fingerprint density at radius 3 is 2.60 bits per heavy atom. The van der Waals surface area contributed by atoms with E-state index < -0.39 is 10.0 Å². The second-order valence-electron chi connectivity index (χ2n) is 5.76. The molecule has 5 nitrogen and oxygen atoms in total. The van der Waals surface area contributed by atoms with Crippen molar-refractivity contribution in [1.29, 1.82) is 0 Å². The van der Waals surface area contributed by atoms with Crippen LogP contribution in [0.4, 0.5) is 0 Å². The van der Waals surface area contributed by atoms with Crippen LogP contribution in [0.2, 0.25) is 0 Å². The number of hydrogen-bond donors (Lipinski definition) is 1. The number of pyridine rings is 1. The van der Waals surface area contributed by atoms with Gasteiger partial charge in [-0.05, 0) is 37.7 Å². The molecule has 0 bridgehead atoms. The highest BCUT2D eigenvalue weighted by Gasteiger charge is 2.39. The molecule has 1 saturated carbocycles. The van der Waals surface area contributed by atoms with E-state index in [0.717, 1.165) is 32.1 Å². The van der Waals surface area contributed by atoms with Gasteiger partial charge in [0.2, 0.25) is 15.6 Å². The van der Waals surface area contributed by atoms with Crippen LogP contribution in [-0.4, -0.2) is 30.3 Å². The zero-order chi connectivity index (χ0) is 14.2. The monoisotopic (exact) mass is 296 g/mol. The molecule has 20 heavy (non-hydrogen) atoms. The van der Waals surface area contributed by atoms with Crippen LogP contribution >= 0.6 is 0 Å². The molecule has 0 aromatic carbocycles. The van der Waals surface area contributed by atoms with Gasteiger partial charge in [-0.1, -0.05) is 12.8 Å². The van der Waals surface area contributed by atoms with Crippen LogP contribution in [-0.2, 0) is 10.0 Å². The fourth-order valence-electron chi connectivity index (χ4n) is 3.57. The molecule has 1 aromatic heterocycles. The van der Waals surface area contributed by atoms with E-state index in [1.54, 1.807) is 4.31 Å². The largest absolute Gasteiger partial charge is 0.328 e. The van der Waals surface area contributed by atoms with Crippen molar-refractivity contribution in [3.63, 3.8) is 0 Å². The number of nitrogens with zero attached hydrogens (tertiary/aromatic N) is 1. The summed E-state index contributed by atoms with van der Waals surface area (Å²) in [5.41, 5.74) is -0.280. The average Bonchev–Trinajstić information content (AvgIpc) is 2.47. The molecule has 1 N–H and O–H groups in total. The van der Waals surface area contributed by atoms with E-state index >= 15 is 0 Å². The van der Waals surface area contributed by atoms with Crippen molar-refractivity contribution >= 4 is 10.0 Å². The maximum absolute atomic E-state index is 12.8. The third kappa shape index (κ3) is 2.42. The van der Waals surface area contributed by atoms with Crippen LogP contribution in [0.25, 0.3) is 0 Å². The maximum Gasteiger partial charge on any atom is 0.247 e. The first-order valence-electron chi connectivity index (χ1n) is 7.29. The number of aromatic nitrogens is 1. The second kappa shape index (κ2) is 5.33. The van der Waals surface area contributed by atoms with Crippen LogP contribution in [0.15, 0.2) is 28.0 Å². The van der Waals surface area contributed by atoms with Crippen molar-refractivity contribution < 1.29 is 8.42 Å². The standard InChI is InChI=1S/C14H20N2O3S/c17-14-8-7-12(10-15-14)20(18,19)16-9-3-5-11-4-1-2-6-13(11)16/h7-8,10-11,13H,1-6,9H2,(H,15,17). The van der Waals surface area contributed by atoms with Crippen molar-refractivity contribution in [2.75, 3.05) is 6.54 Å². The van der Waals surface area contributed by atoms with Gasteiger partial charge >= 0.3 is 0 Å². The molecule has 2 fully saturated rings. The maximum atomic E-state index is 12.8. The number of aromatic amines is 1. The van der Waals surface area contributed by atoms with E-state index in [1.165, 1.54) is 24.8 Å². The van der Waals surface area contributed by atoms with Crippen LogP contribution in [0.1, 0.15) is 38.5 Å². The summed E-state index contributed by atoms with van der Waals surface area (Å²) in [4.78, 5) is 13.7. The molecule has 110 valence electrons. The summed E-state index contributed by atoms with van der Waals surface area (Å²) in [6.45, 7) is 0.600. The number of H-pyrrole nitrogens is 1. The number of piperidine rings is 1. The highest BCUT2D eigenvalue weighted by atomic mass is 32.2. The first kappa shape index (κ1) is 13.8. The second-order valence-corrected chi connectivity index (χ2v) is 7.65. The molecule has 2 heterocycles. The number of hydrogen-bond acceptors (Lipinski definition) is 3. The van der Waals surface area contributed by atoms with Gasteiger partial charge in [-0.2, -0.15) is 4.31 Å². The zero-order valence-corrected chi connectivity index (χ0v) is 12.2. The Morgan fingerprint density at radius 1 is 1.10 bits per heavy atom. The van der Waals surface area contributed by atoms with Gasteiger partial charge in [-0.25, -0.2) is 8.42 Å². The Labute approximate surface area is 119 Å². The van der Waals surface area contributed by atoms with E-state index in [2.05, 4.69) is 4.98 Å². The topological polar surface area (TPSA) is 70.2 Å². The SMILES string of the molecule is O=c1ccc(S(=O)(=O)N2CCCC3CCCCC32)c[nH]1. The Morgan fingerprint density at radius 2 is 1.85 bits per heavy atom. The third-order valence-corrected chi connectivity index (χ3v) is 6.47. The predicted octanol–water partition coefficient (Wildman–Crippen LogP) is 1.72. The highest BCUT2D eigenvalue weighted by molar-refractivity contribution is 7.89. The van der Waals surface area contributed by atoms with E-state index in [9.17, 15) is 13.2 Å². The van der Waals surface area contributed by atoms with Crippen molar-refractivity contribution in [2.45, 2.75) is 49.5 Å². The number of sulfonamides is 1. The Hall–Kier alpha value is -1.14. The van der Waals surface area contributed by atoms with Gasteiger partial charge in [-0.3, -0.25) is 4.79 Å². The average molecular weight is 296 g/mol. The summed E-state index contributed by atoms with van der Waals surface area (Å²) in [6.07, 6.45) is 7.82. The summed E-state index contributed by atoms with van der Waals surface area (Å²) >= 11 is 0. The Bertz CT molecular complexity index is 616. The lowest BCUT2D eigenvalue weighted by Gasteiger charge is -2.43. The number of fused-ring (bicyclic) bond motifs is 1. The van der Waals surface area contributed by atoms with E-state index in [4.69, 9.17) is 0 Å². The van der Waals surface area contributed by atoms with E-state index in [-0.39, 0.29) is 16.5 Å². The van der Waals surface area contributed by atoms with E-state index in [1.807, 2.05) is 0 Å². The number of rotatable bonds is 2. The molecule has 3 rings (SSSR count). The molecule has 0 amide bonds. The summed E-state index contributed by atoms with van der Waals surface area (Å²) in [5, 5.41) is 0. The third-order valence-electron chi connectivity index (χ3n) is 4.55. The molecule has 1 aliphatic carbocycles. The summed E-state index contributed by atoms with van der Waals surface area (Å²) < 4.78 is 27.2. The lowest BCUT2D eigenvalue weighted by Crippen LogP contribution is -2.49. The minimum atomic E-state index is -3.49. The first-order valence-corrected chi connectivity index (χ1v) is 8.73. The van der Waals surface area contributed by atoms with Gasteiger partial charge in [0, 0.05) is 24.8 Å². The minimum Gasteiger partial charge on any atom is -0.328 e. The molecule has 2 aliphatic rings. The Balaban J connectivity index is 1.93. The van der Waals surface area contributed by atoms with Crippen molar-refractivity contribution in [2.24, 2.45) is 5.92 Å². The van der Waals surface area contributed by atoms with Crippen LogP contribution < -0.4 is 5.56 Å². The first-order chi connectivity index (χ1) is 9.59. The molecule has 1 aromatic rings. The van der Waals surface area contributed by atoms with Gasteiger partial charge in [0.25, 0.3) is 0 Å². The van der Waals surface area contributed by atoms with Gasteiger partial charge in [0.05, 0.1) is 4.90 Å². The lowest BCUT2D eigenvalue weighted by atomic mass is 9.79. The molecule has 1 saturated heterocycles. The zero-order valence-electron chi connectivity index (χ0n) is 11.4. The van der Waals surface area contributed by atoms with Crippen LogP contribution in [0, 0.1) is 5.92 Å². The Kier molecular flexibility index (Phi) is 3.69. The molecule has 0 spiro atoms. The highest BCUT2D eigenvalue weighted by Crippen LogP contribution is 2.37. The quantitative estimate of drug-likeness (QED) is 0.903. The molecular weight excluding hydrogens is 276 g/mol. The molecular formula is C14H20N2O3S. The summed E-state index contributed by atoms with van der Waals surface area (Å²) in [5.74, 6) is 0.509. The fourth-order valence-corrected chi connectivity index (χ4v) is 5.29. The van der Waals surface area contributed by atoms with Gasteiger partial charge in [0.1, 0.15) is 0 Å². The summed E-state index contributed by atoms with van der Waals surface area (Å²) in [6, 6.07) is 2.82. The molecule has 2 atom stereocenters. The van der Waals surface area contributed by atoms with Crippen LogP contribution in [0.3, 0.4) is 0 Å². The molecule has 1 aliphatic heterocycles. The predicted molar refractivity (Wildman–Crippen MR) is 75.9 cm³/mol. The molecule has 0 radical (unpaired) electrons. The van der Waals surface area contributed by atoms with Crippen LogP contribution in [0.5, 0.6) is 0 Å². The van der Waals surface area contributed by atoms with Crippen molar-refractivity contribution in [1.82, 2.24) is 9.29 Å². The lowest BCUT2D eigenvalue weighted by molar-refractivity contribution is 0.129. The van der Waals surface area contributed by atoms with Gasteiger partial charge in [0.15, 0.2) is 0 Å². The fraction of sp³-hybridized carbons (Fsp3) is 0.643. The minimum absolute atomic E-state index is 0.148. The van der Waals surface area contributed by atoms with Gasteiger partial charge < -0.3 is 4.98 Å². The number of nitrogens with one attached hydrogen (secondary N) is 1.